The Morgan fingerprint density at radius 3 is 2.33 bits per heavy atom. The number of hydrogen-bond acceptors (Lipinski definition) is 4. The molecule has 0 bridgehead atoms. The zero-order valence-electron chi connectivity index (χ0n) is 12.5. The maximum Gasteiger partial charge on any atom is 0.323 e. The van der Waals surface area contributed by atoms with Crippen molar-refractivity contribution in [3.05, 3.63) is 52.0 Å². The van der Waals surface area contributed by atoms with Crippen LogP contribution in [0.1, 0.15) is 17.3 Å². The maximum absolute atomic E-state index is 12.7. The first-order valence-electron chi connectivity index (χ1n) is 6.82. The summed E-state index contributed by atoms with van der Waals surface area (Å²) in [6, 6.07) is 8.80. The number of para-hydroxylation sites is 1. The lowest BCUT2D eigenvalue weighted by molar-refractivity contribution is 0.112. The van der Waals surface area contributed by atoms with Gasteiger partial charge >= 0.3 is 10.2 Å². The summed E-state index contributed by atoms with van der Waals surface area (Å²) >= 11 is 11.6. The third kappa shape index (κ3) is 3.75. The van der Waals surface area contributed by atoms with Crippen LogP contribution in [0.4, 0.5) is 11.4 Å². The Hall–Kier alpha value is -1.96. The number of halogens is 2. The van der Waals surface area contributed by atoms with Crippen molar-refractivity contribution < 1.29 is 18.3 Å². The van der Waals surface area contributed by atoms with Gasteiger partial charge in [-0.2, -0.15) is 8.42 Å². The maximum atomic E-state index is 12.7. The van der Waals surface area contributed by atoms with E-state index >= 15 is 0 Å². The van der Waals surface area contributed by atoms with Gasteiger partial charge in [0.2, 0.25) is 0 Å². The zero-order valence-corrected chi connectivity index (χ0v) is 14.9. The molecule has 0 amide bonds. The van der Waals surface area contributed by atoms with Gasteiger partial charge in [0.25, 0.3) is 0 Å². The Bertz CT molecular complexity index is 849. The van der Waals surface area contributed by atoms with Crippen molar-refractivity contribution in [2.24, 2.45) is 0 Å². The van der Waals surface area contributed by atoms with E-state index in [0.29, 0.717) is 6.29 Å². The van der Waals surface area contributed by atoms with Crippen LogP contribution >= 0.6 is 23.2 Å². The van der Waals surface area contributed by atoms with E-state index in [1.165, 1.54) is 24.3 Å². The van der Waals surface area contributed by atoms with Gasteiger partial charge in [-0.15, -0.1) is 0 Å². The second-order valence-electron chi connectivity index (χ2n) is 4.74. The summed E-state index contributed by atoms with van der Waals surface area (Å²) in [6.07, 6.45) is 0.585. The summed E-state index contributed by atoms with van der Waals surface area (Å²) in [6.45, 7) is 1.73. The summed E-state index contributed by atoms with van der Waals surface area (Å²) in [5.41, 5.74) is 0.579. The minimum atomic E-state index is -4.03. The van der Waals surface area contributed by atoms with Crippen molar-refractivity contribution in [1.82, 2.24) is 0 Å². The predicted octanol–water partition coefficient (Wildman–Crippen LogP) is 3.69. The van der Waals surface area contributed by atoms with Crippen molar-refractivity contribution in [1.29, 1.82) is 0 Å². The predicted molar refractivity (Wildman–Crippen MR) is 95.5 cm³/mol. The van der Waals surface area contributed by atoms with Crippen molar-refractivity contribution >= 4 is 51.1 Å². The normalized spacial score (nSPS) is 11.1. The van der Waals surface area contributed by atoms with Gasteiger partial charge in [-0.05, 0) is 31.2 Å². The van der Waals surface area contributed by atoms with Crippen molar-refractivity contribution in [3.63, 3.8) is 0 Å². The number of nitrogens with one attached hydrogen (secondary N) is 1. The quantitative estimate of drug-likeness (QED) is 0.583. The van der Waals surface area contributed by atoms with E-state index in [2.05, 4.69) is 4.72 Å². The summed E-state index contributed by atoms with van der Waals surface area (Å²) < 4.78 is 28.7. The van der Waals surface area contributed by atoms with E-state index in [4.69, 9.17) is 23.2 Å². The molecule has 0 aliphatic rings. The molecule has 2 aromatic rings. The number of nitrogens with zero attached hydrogens (tertiary/aromatic N) is 1. The van der Waals surface area contributed by atoms with E-state index in [9.17, 15) is 18.3 Å². The van der Waals surface area contributed by atoms with Gasteiger partial charge in [0.15, 0.2) is 12.0 Å². The van der Waals surface area contributed by atoms with Gasteiger partial charge in [0.1, 0.15) is 0 Å². The highest BCUT2D eigenvalue weighted by atomic mass is 35.5. The summed E-state index contributed by atoms with van der Waals surface area (Å²) in [5, 5.41) is 9.37. The van der Waals surface area contributed by atoms with Gasteiger partial charge in [-0.1, -0.05) is 35.3 Å². The number of carbonyl (C=O) groups excluding carboxylic acids is 1. The Kier molecular flexibility index (Phi) is 5.58. The molecule has 6 nitrogen and oxygen atoms in total. The fraction of sp³-hybridized carbons (Fsp3) is 0.133. The number of phenols is 1. The second kappa shape index (κ2) is 7.29. The van der Waals surface area contributed by atoms with Crippen molar-refractivity contribution in [2.75, 3.05) is 15.6 Å². The Morgan fingerprint density at radius 2 is 1.79 bits per heavy atom. The van der Waals surface area contributed by atoms with Gasteiger partial charge in [-0.3, -0.25) is 13.8 Å². The molecule has 0 radical (unpaired) electrons. The standard InChI is InChI=1S/C15H14Cl2N2O4S/c1-2-19(14-6-4-3-5-10(14)9-20)24(22,23)18-11-7-12(16)15(21)13(17)8-11/h3-9,18,21H,2H2,1H3. The summed E-state index contributed by atoms with van der Waals surface area (Å²) in [7, 11) is -4.03. The molecule has 0 atom stereocenters. The molecular weight excluding hydrogens is 375 g/mol. The van der Waals surface area contributed by atoms with E-state index < -0.39 is 10.2 Å². The SMILES string of the molecule is CCN(c1ccccc1C=O)S(=O)(=O)Nc1cc(Cl)c(O)c(Cl)c1. The number of aldehydes is 1. The molecule has 0 aliphatic heterocycles. The van der Waals surface area contributed by atoms with Crippen LogP contribution in [0.15, 0.2) is 36.4 Å². The molecular formula is C15H14Cl2N2O4S. The number of phenolic OH excluding ortho intramolecular Hbond substituents is 1. The minimum absolute atomic E-state index is 0.0865. The highest BCUT2D eigenvalue weighted by Crippen LogP contribution is 2.35. The molecule has 0 heterocycles. The monoisotopic (exact) mass is 388 g/mol. The van der Waals surface area contributed by atoms with E-state index in [0.717, 1.165) is 4.31 Å². The van der Waals surface area contributed by atoms with Crippen molar-refractivity contribution in [3.8, 4) is 5.75 Å². The lowest BCUT2D eigenvalue weighted by Crippen LogP contribution is -2.36. The molecule has 2 rings (SSSR count). The van der Waals surface area contributed by atoms with Gasteiger partial charge in [-0.25, -0.2) is 0 Å². The fourth-order valence-corrected chi connectivity index (χ4v) is 3.89. The first kappa shape index (κ1) is 18.4. The van der Waals surface area contributed by atoms with Crippen LogP contribution in [0.25, 0.3) is 0 Å². The van der Waals surface area contributed by atoms with Crippen LogP contribution in [0.2, 0.25) is 10.0 Å². The number of hydrogen-bond donors (Lipinski definition) is 2. The molecule has 0 aliphatic carbocycles. The third-order valence-electron chi connectivity index (χ3n) is 3.17. The number of aromatic hydroxyl groups is 1. The van der Waals surface area contributed by atoms with Crippen molar-refractivity contribution in [2.45, 2.75) is 6.92 Å². The molecule has 0 saturated heterocycles. The molecule has 2 aromatic carbocycles. The first-order chi connectivity index (χ1) is 11.3. The van der Waals surface area contributed by atoms with E-state index in [-0.39, 0.29) is 39.3 Å². The molecule has 0 saturated carbocycles. The number of carbonyl (C=O) groups is 1. The van der Waals surface area contributed by atoms with Crippen LogP contribution in [0.5, 0.6) is 5.75 Å². The summed E-state index contributed by atoms with van der Waals surface area (Å²) in [5.74, 6) is -0.333. The smallest absolute Gasteiger partial charge is 0.323 e. The molecule has 128 valence electrons. The second-order valence-corrected chi connectivity index (χ2v) is 7.15. The zero-order chi connectivity index (χ0) is 17.9. The molecule has 0 fully saturated rings. The molecule has 0 unspecified atom stereocenters. The Morgan fingerprint density at radius 1 is 1.21 bits per heavy atom. The molecule has 2 N–H and O–H groups in total. The molecule has 24 heavy (non-hydrogen) atoms. The third-order valence-corrected chi connectivity index (χ3v) is 5.28. The fourth-order valence-electron chi connectivity index (χ4n) is 2.11. The minimum Gasteiger partial charge on any atom is -0.505 e. The molecule has 9 heteroatoms. The Balaban J connectivity index is 2.43. The van der Waals surface area contributed by atoms with Crippen LogP contribution in [-0.2, 0) is 10.2 Å². The highest BCUT2D eigenvalue weighted by molar-refractivity contribution is 7.94. The highest BCUT2D eigenvalue weighted by Gasteiger charge is 2.23. The molecule has 0 spiro atoms. The van der Waals surface area contributed by atoms with Crippen LogP contribution in [0.3, 0.4) is 0 Å². The van der Waals surface area contributed by atoms with Crippen LogP contribution in [0, 0.1) is 0 Å². The van der Waals surface area contributed by atoms with Gasteiger partial charge in [0.05, 0.1) is 21.4 Å². The largest absolute Gasteiger partial charge is 0.505 e. The summed E-state index contributed by atoms with van der Waals surface area (Å²) in [4.78, 5) is 11.2. The average Bonchev–Trinajstić information content (AvgIpc) is 2.53. The Labute approximate surface area is 149 Å². The molecule has 0 aromatic heterocycles. The van der Waals surface area contributed by atoms with Gasteiger partial charge < -0.3 is 5.11 Å². The number of anilines is 2. The number of rotatable bonds is 6. The van der Waals surface area contributed by atoms with E-state index in [1.54, 1.807) is 19.1 Å². The van der Waals surface area contributed by atoms with E-state index in [1.807, 2.05) is 0 Å². The van der Waals surface area contributed by atoms with Crippen LogP contribution < -0.4 is 9.03 Å². The lowest BCUT2D eigenvalue weighted by atomic mass is 10.2. The average molecular weight is 389 g/mol. The number of benzene rings is 2. The topological polar surface area (TPSA) is 86.7 Å². The first-order valence-corrected chi connectivity index (χ1v) is 9.02. The van der Waals surface area contributed by atoms with Crippen LogP contribution in [-0.4, -0.2) is 26.4 Å². The van der Waals surface area contributed by atoms with Gasteiger partial charge in [0, 0.05) is 12.1 Å². The lowest BCUT2D eigenvalue weighted by Gasteiger charge is -2.24.